The average Bonchev–Trinajstić information content (AvgIpc) is 2.56. The molecule has 0 spiro atoms. The number of allylic oxidation sites excluding steroid dienone is 1. The van der Waals surface area contributed by atoms with Crippen molar-refractivity contribution in [2.75, 3.05) is 0 Å². The summed E-state index contributed by atoms with van der Waals surface area (Å²) in [5.41, 5.74) is 4.46. The first-order valence-corrected chi connectivity index (χ1v) is 9.33. The monoisotopic (exact) mass is 435 g/mol. The Hall–Kier alpha value is -1.20. The smallest absolute Gasteiger partial charge is 0.0557 e. The first-order valence-electron chi connectivity index (χ1n) is 7.84. The number of aryl methyl sites for hydroxylation is 1. The van der Waals surface area contributed by atoms with E-state index in [0.717, 1.165) is 33.2 Å². The van der Waals surface area contributed by atoms with Gasteiger partial charge in [0.1, 0.15) is 0 Å². The molecule has 120 valence electrons. The molecule has 0 saturated heterocycles. The van der Waals surface area contributed by atoms with Crippen LogP contribution in [0.3, 0.4) is 0 Å². The first kappa shape index (κ1) is 18.1. The molecule has 0 aliphatic rings. The minimum absolute atomic E-state index is 0.912. The summed E-state index contributed by atoms with van der Waals surface area (Å²) >= 11 is 8.18. The molecule has 0 fully saturated rings. The van der Waals surface area contributed by atoms with Gasteiger partial charge in [0.15, 0.2) is 0 Å². The van der Waals surface area contributed by atoms with E-state index in [1.807, 2.05) is 13.1 Å². The van der Waals surface area contributed by atoms with Gasteiger partial charge in [0.25, 0.3) is 0 Å². The first-order chi connectivity index (χ1) is 11.0. The van der Waals surface area contributed by atoms with E-state index in [0.29, 0.717) is 0 Å². The predicted molar refractivity (Wildman–Crippen MR) is 113 cm³/mol. The van der Waals surface area contributed by atoms with Gasteiger partial charge in [0.05, 0.1) is 4.51 Å². The number of hydrogen-bond acceptors (Lipinski definition) is 1. The zero-order valence-corrected chi connectivity index (χ0v) is 16.7. The van der Waals surface area contributed by atoms with Gasteiger partial charge < -0.3 is 4.57 Å². The fourth-order valence-corrected chi connectivity index (χ4v) is 3.46. The Bertz CT molecular complexity index is 786. The number of benzene rings is 1. The number of rotatable bonds is 6. The van der Waals surface area contributed by atoms with Crippen molar-refractivity contribution >= 4 is 47.0 Å². The number of aromatic nitrogens is 1. The molecule has 1 nitrogen and oxygen atoms in total. The largest absolute Gasteiger partial charge is 0.356 e. The van der Waals surface area contributed by atoms with Crippen LogP contribution in [0.1, 0.15) is 37.3 Å². The van der Waals surface area contributed by atoms with Crippen molar-refractivity contribution in [1.29, 1.82) is 0 Å². The molecule has 0 aliphatic carbocycles. The molecule has 0 radical (unpaired) electrons. The maximum absolute atomic E-state index is 5.76. The summed E-state index contributed by atoms with van der Waals surface area (Å²) in [6.45, 7) is 6.07. The van der Waals surface area contributed by atoms with Gasteiger partial charge >= 0.3 is 0 Å². The lowest BCUT2D eigenvalue weighted by Gasteiger charge is -2.10. The average molecular weight is 435 g/mol. The van der Waals surface area contributed by atoms with Gasteiger partial charge in [-0.25, -0.2) is 0 Å². The third-order valence-corrected chi connectivity index (χ3v) is 5.00. The fourth-order valence-electron chi connectivity index (χ4n) is 2.46. The van der Waals surface area contributed by atoms with Gasteiger partial charge in [0.2, 0.25) is 0 Å². The summed E-state index contributed by atoms with van der Waals surface area (Å²) in [6.07, 6.45) is 11.8. The second kappa shape index (κ2) is 8.60. The Labute approximate surface area is 157 Å². The maximum atomic E-state index is 5.76. The Kier molecular flexibility index (Phi) is 6.78. The van der Waals surface area contributed by atoms with E-state index in [-0.39, 0.29) is 0 Å². The van der Waals surface area contributed by atoms with E-state index in [1.54, 1.807) is 0 Å². The molecule has 0 aliphatic heterocycles. The third kappa shape index (κ3) is 4.88. The van der Waals surface area contributed by atoms with Crippen LogP contribution in [0, 0.1) is 4.51 Å². The fraction of sp³-hybridized carbons (Fsp3) is 0.250. The Morgan fingerprint density at radius 2 is 2.13 bits per heavy atom. The van der Waals surface area contributed by atoms with Crippen molar-refractivity contribution < 1.29 is 0 Å². The van der Waals surface area contributed by atoms with Crippen molar-refractivity contribution in [1.82, 2.24) is 4.57 Å². The van der Waals surface area contributed by atoms with Crippen LogP contribution < -0.4 is 0 Å². The topological polar surface area (TPSA) is 4.93 Å². The highest BCUT2D eigenvalue weighted by Gasteiger charge is 2.06. The maximum Gasteiger partial charge on any atom is 0.0557 e. The summed E-state index contributed by atoms with van der Waals surface area (Å²) < 4.78 is 4.35. The molecular weight excluding hydrogens is 413 g/mol. The lowest BCUT2D eigenvalue weighted by atomic mass is 10.0. The Morgan fingerprint density at radius 1 is 1.35 bits per heavy atom. The van der Waals surface area contributed by atoms with Crippen LogP contribution in [0.4, 0.5) is 0 Å². The standard InChI is InChI=1S/C20H22INS/c1-4-6-10-18(21)12-17-13-22(3)14-19(20(17)23)16-9-7-8-15(5-2)11-16/h5,7-9,11-14H,2,4,6,10H2,1,3H3. The van der Waals surface area contributed by atoms with Gasteiger partial charge in [-0.1, -0.05) is 56.4 Å². The minimum atomic E-state index is 0.912. The quantitative estimate of drug-likeness (QED) is 0.348. The van der Waals surface area contributed by atoms with Gasteiger partial charge in [-0.15, -0.1) is 0 Å². The molecule has 0 amide bonds. The number of unbranched alkanes of at least 4 members (excludes halogenated alkanes) is 1. The van der Waals surface area contributed by atoms with Crippen LogP contribution in [-0.4, -0.2) is 4.57 Å². The summed E-state index contributed by atoms with van der Waals surface area (Å²) in [7, 11) is 2.05. The van der Waals surface area contributed by atoms with Crippen LogP contribution in [0.2, 0.25) is 0 Å². The summed E-state index contributed by atoms with van der Waals surface area (Å²) in [4.78, 5) is 0. The van der Waals surface area contributed by atoms with Crippen LogP contribution in [-0.2, 0) is 7.05 Å². The highest BCUT2D eigenvalue weighted by atomic mass is 127. The van der Waals surface area contributed by atoms with E-state index >= 15 is 0 Å². The molecule has 23 heavy (non-hydrogen) atoms. The summed E-state index contributed by atoms with van der Waals surface area (Å²) in [6, 6.07) is 8.34. The van der Waals surface area contributed by atoms with Crippen molar-refractivity contribution in [3.63, 3.8) is 0 Å². The van der Waals surface area contributed by atoms with E-state index < -0.39 is 0 Å². The molecule has 2 aromatic rings. The minimum Gasteiger partial charge on any atom is -0.356 e. The van der Waals surface area contributed by atoms with Crippen molar-refractivity contribution in [2.24, 2.45) is 7.05 Å². The summed E-state index contributed by atoms with van der Waals surface area (Å²) in [5.74, 6) is 0. The molecule has 0 N–H and O–H groups in total. The number of hydrogen-bond donors (Lipinski definition) is 0. The van der Waals surface area contributed by atoms with Crippen LogP contribution >= 0.6 is 34.8 Å². The predicted octanol–water partition coefficient (Wildman–Crippen LogP) is 7.03. The zero-order valence-electron chi connectivity index (χ0n) is 13.7. The van der Waals surface area contributed by atoms with E-state index in [9.17, 15) is 0 Å². The van der Waals surface area contributed by atoms with E-state index in [2.05, 4.69) is 83.4 Å². The molecule has 0 atom stereocenters. The second-order valence-electron chi connectivity index (χ2n) is 5.65. The van der Waals surface area contributed by atoms with Crippen LogP contribution in [0.5, 0.6) is 0 Å². The molecule has 1 aromatic heterocycles. The van der Waals surface area contributed by atoms with E-state index in [1.165, 1.54) is 16.4 Å². The lowest BCUT2D eigenvalue weighted by Crippen LogP contribution is -1.95. The van der Waals surface area contributed by atoms with Gasteiger partial charge in [-0.05, 0) is 62.3 Å². The number of halogens is 1. The highest BCUT2D eigenvalue weighted by molar-refractivity contribution is 14.1. The molecule has 3 heteroatoms. The Balaban J connectivity index is 2.50. The number of nitrogens with zero attached hydrogens (tertiary/aromatic N) is 1. The SMILES string of the molecule is C=Cc1cccc(-c2cn(C)cc(C=C(I)CCCC)c2=S)c1. The Morgan fingerprint density at radius 3 is 2.83 bits per heavy atom. The lowest BCUT2D eigenvalue weighted by molar-refractivity contribution is 0.814. The number of pyridine rings is 1. The van der Waals surface area contributed by atoms with Gasteiger partial charge in [-0.2, -0.15) is 0 Å². The molecule has 0 saturated carbocycles. The molecule has 1 heterocycles. The van der Waals surface area contributed by atoms with Crippen molar-refractivity contribution in [3.05, 3.63) is 62.5 Å². The normalized spacial score (nSPS) is 11.5. The van der Waals surface area contributed by atoms with Crippen molar-refractivity contribution in [3.8, 4) is 11.1 Å². The van der Waals surface area contributed by atoms with Gasteiger partial charge in [-0.3, -0.25) is 0 Å². The van der Waals surface area contributed by atoms with Crippen LogP contribution in [0.25, 0.3) is 23.3 Å². The molecule has 1 aromatic carbocycles. The zero-order chi connectivity index (χ0) is 16.8. The van der Waals surface area contributed by atoms with Crippen molar-refractivity contribution in [2.45, 2.75) is 26.2 Å². The van der Waals surface area contributed by atoms with E-state index in [4.69, 9.17) is 12.2 Å². The molecule has 0 unspecified atom stereocenters. The molecular formula is C20H22INS. The second-order valence-corrected chi connectivity index (χ2v) is 7.44. The highest BCUT2D eigenvalue weighted by Crippen LogP contribution is 2.27. The molecule has 0 bridgehead atoms. The third-order valence-electron chi connectivity index (χ3n) is 3.70. The molecule has 2 rings (SSSR count). The summed E-state index contributed by atoms with van der Waals surface area (Å²) in [5, 5.41) is 0. The van der Waals surface area contributed by atoms with Crippen LogP contribution in [0.15, 0.2) is 46.8 Å². The van der Waals surface area contributed by atoms with Gasteiger partial charge in [0, 0.05) is 30.6 Å².